The van der Waals surface area contributed by atoms with E-state index < -0.39 is 12.0 Å². The Morgan fingerprint density at radius 1 is 1.18 bits per heavy atom. The van der Waals surface area contributed by atoms with Crippen molar-refractivity contribution in [1.29, 1.82) is 0 Å². The number of amides is 2. The number of aromatic nitrogens is 2. The van der Waals surface area contributed by atoms with Crippen molar-refractivity contribution in [3.63, 3.8) is 0 Å². The highest BCUT2D eigenvalue weighted by Crippen LogP contribution is 2.41. The lowest BCUT2D eigenvalue weighted by molar-refractivity contribution is -0.118. The third-order valence-electron chi connectivity index (χ3n) is 6.01. The van der Waals surface area contributed by atoms with Crippen LogP contribution < -0.4 is 20.1 Å². The SMILES string of the molecule is CCCOc1ccc([C@H]2c3c(C)nn(C)c3NC(=O)[C@H]2NC(=O)c2cccc(C)c2)cc1OC. The Labute approximate surface area is 199 Å². The largest absolute Gasteiger partial charge is 0.493 e. The Hall–Kier alpha value is -3.81. The molecule has 4 rings (SSSR count). The maximum absolute atomic E-state index is 13.3. The monoisotopic (exact) mass is 462 g/mol. The molecule has 2 atom stereocenters. The molecule has 0 radical (unpaired) electrons. The van der Waals surface area contributed by atoms with Crippen LogP contribution >= 0.6 is 0 Å². The Bertz CT molecular complexity index is 1230. The quantitative estimate of drug-likeness (QED) is 0.558. The van der Waals surface area contributed by atoms with Gasteiger partial charge in [0.2, 0.25) is 5.91 Å². The molecule has 34 heavy (non-hydrogen) atoms. The summed E-state index contributed by atoms with van der Waals surface area (Å²) < 4.78 is 13.1. The molecule has 8 heteroatoms. The van der Waals surface area contributed by atoms with Crippen molar-refractivity contribution in [2.75, 3.05) is 19.0 Å². The van der Waals surface area contributed by atoms with Crippen LogP contribution in [0.1, 0.15) is 52.0 Å². The average molecular weight is 463 g/mol. The Morgan fingerprint density at radius 2 is 1.97 bits per heavy atom. The van der Waals surface area contributed by atoms with Gasteiger partial charge in [-0.25, -0.2) is 0 Å². The van der Waals surface area contributed by atoms with Gasteiger partial charge in [0.25, 0.3) is 5.91 Å². The molecule has 1 aromatic heterocycles. The van der Waals surface area contributed by atoms with Crippen LogP contribution in [0, 0.1) is 13.8 Å². The third kappa shape index (κ3) is 4.35. The summed E-state index contributed by atoms with van der Waals surface area (Å²) in [5.74, 6) is 0.764. The Morgan fingerprint density at radius 3 is 2.68 bits per heavy atom. The van der Waals surface area contributed by atoms with E-state index in [1.165, 1.54) is 0 Å². The van der Waals surface area contributed by atoms with E-state index in [4.69, 9.17) is 9.47 Å². The number of rotatable bonds is 7. The molecule has 1 aliphatic rings. The molecule has 3 aromatic rings. The van der Waals surface area contributed by atoms with Crippen molar-refractivity contribution in [1.82, 2.24) is 15.1 Å². The zero-order chi connectivity index (χ0) is 24.4. The molecule has 0 fully saturated rings. The molecule has 2 aromatic carbocycles. The second kappa shape index (κ2) is 9.59. The van der Waals surface area contributed by atoms with Gasteiger partial charge < -0.3 is 20.1 Å². The van der Waals surface area contributed by atoms with Crippen LogP contribution in [0.2, 0.25) is 0 Å². The van der Waals surface area contributed by atoms with Crippen molar-refractivity contribution >= 4 is 17.6 Å². The number of ether oxygens (including phenoxy) is 2. The highest BCUT2D eigenvalue weighted by Gasteiger charge is 2.41. The second-order valence-corrected chi connectivity index (χ2v) is 8.52. The van der Waals surface area contributed by atoms with Gasteiger partial charge in [-0.1, -0.05) is 30.7 Å². The summed E-state index contributed by atoms with van der Waals surface area (Å²) in [6.07, 6.45) is 0.874. The van der Waals surface area contributed by atoms with E-state index in [0.29, 0.717) is 29.5 Å². The van der Waals surface area contributed by atoms with Gasteiger partial charge in [0, 0.05) is 24.1 Å². The molecule has 8 nitrogen and oxygen atoms in total. The lowest BCUT2D eigenvalue weighted by Gasteiger charge is -2.33. The van der Waals surface area contributed by atoms with Crippen molar-refractivity contribution in [2.45, 2.75) is 39.2 Å². The summed E-state index contributed by atoms with van der Waals surface area (Å²) >= 11 is 0. The number of hydrogen-bond acceptors (Lipinski definition) is 5. The number of anilines is 1. The van der Waals surface area contributed by atoms with E-state index in [-0.39, 0.29) is 11.8 Å². The number of benzene rings is 2. The van der Waals surface area contributed by atoms with Crippen LogP contribution in [0.25, 0.3) is 0 Å². The van der Waals surface area contributed by atoms with Crippen LogP contribution in [0.5, 0.6) is 11.5 Å². The standard InChI is InChI=1S/C26H30N4O4/c1-6-12-34-19-11-10-17(14-20(19)33-5)22-21-16(3)29-30(4)24(21)28-26(32)23(22)27-25(31)18-9-7-8-15(2)13-18/h7-11,13-14,22-23H,6,12H2,1-5H3,(H,27,31)(H,28,32)/t22-,23-/m0/s1. The number of methoxy groups -OCH3 is 1. The molecule has 0 saturated heterocycles. The minimum Gasteiger partial charge on any atom is -0.493 e. The van der Waals surface area contributed by atoms with E-state index in [2.05, 4.69) is 15.7 Å². The van der Waals surface area contributed by atoms with Gasteiger partial charge in [0.05, 0.1) is 19.4 Å². The van der Waals surface area contributed by atoms with Crippen LogP contribution in [0.15, 0.2) is 42.5 Å². The van der Waals surface area contributed by atoms with Gasteiger partial charge >= 0.3 is 0 Å². The maximum atomic E-state index is 13.3. The molecule has 2 amide bonds. The highest BCUT2D eigenvalue weighted by atomic mass is 16.5. The maximum Gasteiger partial charge on any atom is 0.251 e. The van der Waals surface area contributed by atoms with Gasteiger partial charge in [-0.05, 0) is 50.1 Å². The van der Waals surface area contributed by atoms with Crippen LogP contribution in [-0.2, 0) is 11.8 Å². The minimum atomic E-state index is -0.837. The molecule has 0 aliphatic carbocycles. The molecular formula is C26H30N4O4. The fourth-order valence-electron chi connectivity index (χ4n) is 4.44. The number of carbonyl (C=O) groups excluding carboxylic acids is 2. The fourth-order valence-corrected chi connectivity index (χ4v) is 4.44. The number of hydrogen-bond donors (Lipinski definition) is 2. The molecule has 178 valence electrons. The summed E-state index contributed by atoms with van der Waals surface area (Å²) in [5.41, 5.74) is 3.93. The summed E-state index contributed by atoms with van der Waals surface area (Å²) in [6, 6.07) is 12.1. The molecule has 0 saturated carbocycles. The summed E-state index contributed by atoms with van der Waals surface area (Å²) in [5, 5.41) is 10.4. The normalized spacial score (nSPS) is 17.0. The highest BCUT2D eigenvalue weighted by molar-refractivity contribution is 6.04. The zero-order valence-corrected chi connectivity index (χ0v) is 20.1. The molecule has 2 N–H and O–H groups in total. The second-order valence-electron chi connectivity index (χ2n) is 8.52. The van der Waals surface area contributed by atoms with E-state index >= 15 is 0 Å². The number of fused-ring (bicyclic) bond motifs is 1. The Balaban J connectivity index is 1.78. The van der Waals surface area contributed by atoms with Gasteiger partial charge in [-0.3, -0.25) is 14.3 Å². The van der Waals surface area contributed by atoms with Crippen LogP contribution in [0.4, 0.5) is 5.82 Å². The van der Waals surface area contributed by atoms with Crippen LogP contribution in [0.3, 0.4) is 0 Å². The molecule has 0 bridgehead atoms. The molecule has 0 unspecified atom stereocenters. The first-order valence-corrected chi connectivity index (χ1v) is 11.4. The van der Waals surface area contributed by atoms with Crippen molar-refractivity contribution in [3.8, 4) is 11.5 Å². The average Bonchev–Trinajstić information content (AvgIpc) is 3.10. The lowest BCUT2D eigenvalue weighted by atomic mass is 9.81. The predicted octanol–water partition coefficient (Wildman–Crippen LogP) is 3.72. The third-order valence-corrected chi connectivity index (χ3v) is 6.01. The van der Waals surface area contributed by atoms with E-state index in [1.54, 1.807) is 31.0 Å². The molecule has 0 spiro atoms. The summed E-state index contributed by atoms with van der Waals surface area (Å²) in [6.45, 7) is 6.43. The zero-order valence-electron chi connectivity index (χ0n) is 20.1. The summed E-state index contributed by atoms with van der Waals surface area (Å²) in [7, 11) is 3.38. The van der Waals surface area contributed by atoms with Crippen LogP contribution in [-0.4, -0.2) is 41.4 Å². The number of carbonyl (C=O) groups is 2. The minimum absolute atomic E-state index is 0.299. The van der Waals surface area contributed by atoms with Gasteiger partial charge in [-0.15, -0.1) is 0 Å². The molecular weight excluding hydrogens is 432 g/mol. The van der Waals surface area contributed by atoms with Gasteiger partial charge in [-0.2, -0.15) is 5.10 Å². The smallest absolute Gasteiger partial charge is 0.251 e. The molecule has 1 aliphatic heterocycles. The van der Waals surface area contributed by atoms with Crippen molar-refractivity contribution in [2.24, 2.45) is 7.05 Å². The van der Waals surface area contributed by atoms with Crippen molar-refractivity contribution in [3.05, 3.63) is 70.4 Å². The van der Waals surface area contributed by atoms with Crippen molar-refractivity contribution < 1.29 is 19.1 Å². The van der Waals surface area contributed by atoms with Gasteiger partial charge in [0.15, 0.2) is 11.5 Å². The molecule has 2 heterocycles. The fraction of sp³-hybridized carbons (Fsp3) is 0.346. The van der Waals surface area contributed by atoms with E-state index in [9.17, 15) is 9.59 Å². The number of aryl methyl sites for hydroxylation is 3. The lowest BCUT2D eigenvalue weighted by Crippen LogP contribution is -2.50. The first kappa shape index (κ1) is 23.4. The van der Waals surface area contributed by atoms with E-state index in [1.807, 2.05) is 51.1 Å². The summed E-state index contributed by atoms with van der Waals surface area (Å²) in [4.78, 5) is 26.4. The topological polar surface area (TPSA) is 94.5 Å². The first-order valence-electron chi connectivity index (χ1n) is 11.4. The Kier molecular flexibility index (Phi) is 6.58. The predicted molar refractivity (Wildman–Crippen MR) is 130 cm³/mol. The number of nitrogens with one attached hydrogen (secondary N) is 2. The van der Waals surface area contributed by atoms with E-state index in [0.717, 1.165) is 28.8 Å². The number of nitrogens with zero attached hydrogens (tertiary/aromatic N) is 2. The van der Waals surface area contributed by atoms with Gasteiger partial charge in [0.1, 0.15) is 11.9 Å². The first-order chi connectivity index (χ1) is 16.3.